The summed E-state index contributed by atoms with van der Waals surface area (Å²) in [4.78, 5) is 9.99. The molecule has 5 nitrogen and oxygen atoms in total. The van der Waals surface area contributed by atoms with Gasteiger partial charge >= 0.3 is 0 Å². The number of aromatic nitrogens is 4. The summed E-state index contributed by atoms with van der Waals surface area (Å²) in [6.07, 6.45) is 3.10. The summed E-state index contributed by atoms with van der Waals surface area (Å²) in [7, 11) is 0. The molecule has 3 aromatic rings. The highest BCUT2D eigenvalue weighted by Gasteiger charge is 2.31. The van der Waals surface area contributed by atoms with Gasteiger partial charge in [-0.05, 0) is 31.9 Å². The predicted molar refractivity (Wildman–Crippen MR) is 87.1 cm³/mol. The number of halogens is 4. The zero-order chi connectivity index (χ0) is 17.7. The summed E-state index contributed by atoms with van der Waals surface area (Å²) in [6.45, 7) is 2.65. The SMILES string of the molecule is CC1CCCN1c1c(-c2c(F)ccc(F)c2F)c(Cl)nc2ncnn12. The van der Waals surface area contributed by atoms with Gasteiger partial charge in [0.25, 0.3) is 5.78 Å². The molecule has 1 saturated heterocycles. The predicted octanol–water partition coefficient (Wildman–Crippen LogP) is 3.85. The van der Waals surface area contributed by atoms with Crippen molar-refractivity contribution in [3.8, 4) is 11.1 Å². The molecule has 0 radical (unpaired) electrons. The maximum absolute atomic E-state index is 14.5. The molecule has 4 rings (SSSR count). The lowest BCUT2D eigenvalue weighted by atomic mass is 10.1. The van der Waals surface area contributed by atoms with E-state index in [0.29, 0.717) is 12.4 Å². The third-order valence-electron chi connectivity index (χ3n) is 4.48. The molecule has 0 N–H and O–H groups in total. The first kappa shape index (κ1) is 16.1. The molecule has 0 spiro atoms. The van der Waals surface area contributed by atoms with Crippen LogP contribution < -0.4 is 4.90 Å². The maximum Gasteiger partial charge on any atom is 0.255 e. The van der Waals surface area contributed by atoms with Crippen LogP contribution in [0.1, 0.15) is 19.8 Å². The molecule has 1 unspecified atom stereocenters. The second-order valence-corrected chi connectivity index (χ2v) is 6.33. The molecule has 130 valence electrons. The largest absolute Gasteiger partial charge is 0.353 e. The second-order valence-electron chi connectivity index (χ2n) is 5.98. The lowest BCUT2D eigenvalue weighted by Crippen LogP contribution is -2.29. The van der Waals surface area contributed by atoms with Gasteiger partial charge in [0.1, 0.15) is 23.1 Å². The number of hydrogen-bond donors (Lipinski definition) is 0. The number of fused-ring (bicyclic) bond motifs is 1. The number of hydrogen-bond acceptors (Lipinski definition) is 4. The number of nitrogens with zero attached hydrogens (tertiary/aromatic N) is 5. The van der Waals surface area contributed by atoms with Crippen molar-refractivity contribution in [2.45, 2.75) is 25.8 Å². The van der Waals surface area contributed by atoms with Crippen LogP contribution in [-0.2, 0) is 0 Å². The first-order valence-electron chi connectivity index (χ1n) is 7.78. The summed E-state index contributed by atoms with van der Waals surface area (Å²) in [5, 5.41) is 3.96. The van der Waals surface area contributed by atoms with Gasteiger partial charge in [0, 0.05) is 12.6 Å². The lowest BCUT2D eigenvalue weighted by molar-refractivity contribution is 0.498. The Kier molecular flexibility index (Phi) is 3.79. The number of benzene rings is 1. The average molecular weight is 368 g/mol. The van der Waals surface area contributed by atoms with Crippen LogP contribution in [0.25, 0.3) is 16.9 Å². The van der Waals surface area contributed by atoms with E-state index >= 15 is 0 Å². The van der Waals surface area contributed by atoms with E-state index in [-0.39, 0.29) is 22.5 Å². The fourth-order valence-electron chi connectivity index (χ4n) is 3.29. The fraction of sp³-hybridized carbons (Fsp3) is 0.312. The highest BCUT2D eigenvalue weighted by molar-refractivity contribution is 6.33. The summed E-state index contributed by atoms with van der Waals surface area (Å²) in [5.74, 6) is -2.82. The Morgan fingerprint density at radius 2 is 1.92 bits per heavy atom. The van der Waals surface area contributed by atoms with E-state index in [1.54, 1.807) is 0 Å². The van der Waals surface area contributed by atoms with E-state index < -0.39 is 23.0 Å². The van der Waals surface area contributed by atoms with E-state index in [2.05, 4.69) is 15.1 Å². The Bertz CT molecular complexity index is 974. The third kappa shape index (κ3) is 2.43. The Morgan fingerprint density at radius 1 is 1.16 bits per heavy atom. The maximum atomic E-state index is 14.5. The monoisotopic (exact) mass is 367 g/mol. The van der Waals surface area contributed by atoms with Crippen molar-refractivity contribution >= 4 is 23.2 Å². The molecule has 1 aliphatic rings. The van der Waals surface area contributed by atoms with Crippen LogP contribution in [0.3, 0.4) is 0 Å². The minimum absolute atomic E-state index is 0.0251. The van der Waals surface area contributed by atoms with Crippen molar-refractivity contribution in [3.63, 3.8) is 0 Å². The van der Waals surface area contributed by atoms with E-state index in [0.717, 1.165) is 25.0 Å². The Morgan fingerprint density at radius 3 is 2.64 bits per heavy atom. The van der Waals surface area contributed by atoms with Crippen molar-refractivity contribution in [1.82, 2.24) is 19.6 Å². The highest BCUT2D eigenvalue weighted by atomic mass is 35.5. The van der Waals surface area contributed by atoms with Gasteiger partial charge in [-0.25, -0.2) is 13.2 Å². The Labute approximate surface area is 146 Å². The van der Waals surface area contributed by atoms with E-state index in [1.165, 1.54) is 10.8 Å². The van der Waals surface area contributed by atoms with E-state index in [1.807, 2.05) is 11.8 Å². The zero-order valence-electron chi connectivity index (χ0n) is 13.2. The van der Waals surface area contributed by atoms with Crippen molar-refractivity contribution in [1.29, 1.82) is 0 Å². The normalized spacial score (nSPS) is 17.6. The molecular weight excluding hydrogens is 355 g/mol. The highest BCUT2D eigenvalue weighted by Crippen LogP contribution is 2.41. The van der Waals surface area contributed by atoms with Crippen molar-refractivity contribution in [3.05, 3.63) is 41.1 Å². The Balaban J connectivity index is 2.11. The zero-order valence-corrected chi connectivity index (χ0v) is 13.9. The smallest absolute Gasteiger partial charge is 0.255 e. The van der Waals surface area contributed by atoms with Gasteiger partial charge in [-0.15, -0.1) is 0 Å². The molecule has 0 saturated carbocycles. The number of rotatable bonds is 2. The van der Waals surface area contributed by atoms with Gasteiger partial charge < -0.3 is 4.90 Å². The van der Waals surface area contributed by atoms with Crippen LogP contribution in [0.4, 0.5) is 19.0 Å². The first-order valence-corrected chi connectivity index (χ1v) is 8.16. The molecule has 1 aliphatic heterocycles. The molecule has 25 heavy (non-hydrogen) atoms. The Hall–Kier alpha value is -2.35. The summed E-state index contributed by atoms with van der Waals surface area (Å²) >= 11 is 6.25. The summed E-state index contributed by atoms with van der Waals surface area (Å²) in [6, 6.07) is 1.71. The van der Waals surface area contributed by atoms with Gasteiger partial charge in [-0.3, -0.25) is 0 Å². The van der Waals surface area contributed by atoms with Gasteiger partial charge in [0.15, 0.2) is 11.6 Å². The van der Waals surface area contributed by atoms with Crippen molar-refractivity contribution < 1.29 is 13.2 Å². The number of anilines is 1. The molecule has 2 aromatic heterocycles. The van der Waals surface area contributed by atoms with Gasteiger partial charge in [0.05, 0.1) is 11.1 Å². The molecule has 1 fully saturated rings. The molecule has 0 amide bonds. The molecule has 1 atom stereocenters. The first-order chi connectivity index (χ1) is 12.0. The van der Waals surface area contributed by atoms with Crippen LogP contribution in [0, 0.1) is 17.5 Å². The molecule has 0 aliphatic carbocycles. The average Bonchev–Trinajstić information content (AvgIpc) is 3.20. The molecular formula is C16H13ClF3N5. The molecule has 0 bridgehead atoms. The second kappa shape index (κ2) is 5.87. The van der Waals surface area contributed by atoms with Crippen LogP contribution in [0.5, 0.6) is 0 Å². The fourth-order valence-corrected chi connectivity index (χ4v) is 3.54. The van der Waals surface area contributed by atoms with E-state index in [9.17, 15) is 13.2 Å². The van der Waals surface area contributed by atoms with Crippen LogP contribution >= 0.6 is 11.6 Å². The standard InChI is InChI=1S/C16H13ClF3N5/c1-8-3-2-6-24(8)15-12(11-9(18)4-5-10(19)13(11)20)14(17)23-16-21-7-22-25(15)16/h4-5,7-8H,2-3,6H2,1H3. The van der Waals surface area contributed by atoms with Crippen LogP contribution in [0.15, 0.2) is 18.5 Å². The van der Waals surface area contributed by atoms with E-state index in [4.69, 9.17) is 11.6 Å². The minimum atomic E-state index is -1.31. The van der Waals surface area contributed by atoms with Crippen LogP contribution in [0.2, 0.25) is 5.15 Å². The van der Waals surface area contributed by atoms with Crippen molar-refractivity contribution in [2.24, 2.45) is 0 Å². The lowest BCUT2D eigenvalue weighted by Gasteiger charge is -2.27. The third-order valence-corrected chi connectivity index (χ3v) is 4.75. The van der Waals surface area contributed by atoms with Gasteiger partial charge in [-0.1, -0.05) is 11.6 Å². The quantitative estimate of drug-likeness (QED) is 0.510. The van der Waals surface area contributed by atoms with Gasteiger partial charge in [0.2, 0.25) is 0 Å². The van der Waals surface area contributed by atoms with Gasteiger partial charge in [-0.2, -0.15) is 19.6 Å². The summed E-state index contributed by atoms with van der Waals surface area (Å²) < 4.78 is 44.0. The topological polar surface area (TPSA) is 46.3 Å². The minimum Gasteiger partial charge on any atom is -0.353 e. The molecule has 3 heterocycles. The molecule has 1 aromatic carbocycles. The van der Waals surface area contributed by atoms with Crippen LogP contribution in [-0.4, -0.2) is 32.2 Å². The summed E-state index contributed by atoms with van der Waals surface area (Å²) in [5.41, 5.74) is -0.577. The van der Waals surface area contributed by atoms with Crippen molar-refractivity contribution in [2.75, 3.05) is 11.4 Å². The molecule has 9 heteroatoms.